The molecular weight excluding hydrogens is 332 g/mol. The van der Waals surface area contributed by atoms with Crippen molar-refractivity contribution in [2.75, 3.05) is 11.4 Å². The Kier molecular flexibility index (Phi) is 5.76. The third-order valence-electron chi connectivity index (χ3n) is 4.12. The monoisotopic (exact) mass is 354 g/mol. The molecule has 130 valence electrons. The summed E-state index contributed by atoms with van der Waals surface area (Å²) in [6.45, 7) is 3.30. The first-order valence-corrected chi connectivity index (χ1v) is 9.38. The van der Waals surface area contributed by atoms with Crippen molar-refractivity contribution in [3.63, 3.8) is 0 Å². The Labute approximate surface area is 152 Å². The lowest BCUT2D eigenvalue weighted by Crippen LogP contribution is -2.39. The molecule has 1 aliphatic heterocycles. The molecular formula is C20H22N2O2S. The summed E-state index contributed by atoms with van der Waals surface area (Å²) in [6.07, 6.45) is 0.443. The molecule has 1 atom stereocenters. The van der Waals surface area contributed by atoms with Gasteiger partial charge in [0.15, 0.2) is 0 Å². The second-order valence-electron chi connectivity index (χ2n) is 6.16. The summed E-state index contributed by atoms with van der Waals surface area (Å²) in [7, 11) is 0. The van der Waals surface area contributed by atoms with E-state index in [0.29, 0.717) is 18.3 Å². The van der Waals surface area contributed by atoms with Crippen LogP contribution in [0.4, 0.5) is 5.69 Å². The number of para-hydroxylation sites is 1. The number of benzene rings is 2. The van der Waals surface area contributed by atoms with E-state index in [1.165, 1.54) is 0 Å². The van der Waals surface area contributed by atoms with Crippen molar-refractivity contribution in [3.05, 3.63) is 60.2 Å². The van der Waals surface area contributed by atoms with Gasteiger partial charge in [-0.25, -0.2) is 0 Å². The van der Waals surface area contributed by atoms with Crippen molar-refractivity contribution in [2.45, 2.75) is 36.5 Å². The number of rotatable bonds is 5. The smallest absolute Gasteiger partial charge is 0.227 e. The van der Waals surface area contributed by atoms with Crippen LogP contribution in [0.25, 0.3) is 0 Å². The summed E-state index contributed by atoms with van der Waals surface area (Å²) in [5, 5.41) is 3.22. The van der Waals surface area contributed by atoms with Crippen LogP contribution in [0.3, 0.4) is 0 Å². The SMILES string of the molecule is CC1CN(C(=O)CCC(=O)NCc2ccccc2)c2ccccc2S1. The minimum Gasteiger partial charge on any atom is -0.352 e. The van der Waals surface area contributed by atoms with Gasteiger partial charge in [0.2, 0.25) is 11.8 Å². The summed E-state index contributed by atoms with van der Waals surface area (Å²) >= 11 is 1.79. The van der Waals surface area contributed by atoms with E-state index >= 15 is 0 Å². The molecule has 1 N–H and O–H groups in total. The first kappa shape index (κ1) is 17.5. The third-order valence-corrected chi connectivity index (χ3v) is 5.27. The second-order valence-corrected chi connectivity index (χ2v) is 7.64. The minimum absolute atomic E-state index is 0.00876. The van der Waals surface area contributed by atoms with Crippen LogP contribution < -0.4 is 10.2 Å². The zero-order valence-electron chi connectivity index (χ0n) is 14.3. The van der Waals surface area contributed by atoms with Crippen LogP contribution >= 0.6 is 11.8 Å². The maximum absolute atomic E-state index is 12.6. The number of thioether (sulfide) groups is 1. The zero-order valence-corrected chi connectivity index (χ0v) is 15.1. The first-order valence-electron chi connectivity index (χ1n) is 8.50. The van der Waals surface area contributed by atoms with Crippen LogP contribution in [0.2, 0.25) is 0 Å². The largest absolute Gasteiger partial charge is 0.352 e. The summed E-state index contributed by atoms with van der Waals surface area (Å²) in [5.74, 6) is -0.0839. The molecule has 2 aromatic rings. The quantitative estimate of drug-likeness (QED) is 0.892. The molecule has 0 saturated carbocycles. The fourth-order valence-corrected chi connectivity index (χ4v) is 3.98. The highest BCUT2D eigenvalue weighted by Crippen LogP contribution is 2.38. The molecule has 5 heteroatoms. The number of hydrogen-bond acceptors (Lipinski definition) is 3. The number of anilines is 1. The number of hydrogen-bond donors (Lipinski definition) is 1. The molecule has 1 heterocycles. The van der Waals surface area contributed by atoms with Gasteiger partial charge in [0.1, 0.15) is 0 Å². The summed E-state index contributed by atoms with van der Waals surface area (Å²) < 4.78 is 0. The Morgan fingerprint density at radius 1 is 1.08 bits per heavy atom. The number of carbonyl (C=O) groups excluding carboxylic acids is 2. The van der Waals surface area contributed by atoms with E-state index in [0.717, 1.165) is 16.1 Å². The van der Waals surface area contributed by atoms with E-state index in [1.807, 2.05) is 59.5 Å². The van der Waals surface area contributed by atoms with Crippen molar-refractivity contribution in [2.24, 2.45) is 0 Å². The van der Waals surface area contributed by atoms with E-state index in [1.54, 1.807) is 11.8 Å². The minimum atomic E-state index is -0.0927. The molecule has 4 nitrogen and oxygen atoms in total. The molecule has 1 unspecified atom stereocenters. The summed E-state index contributed by atoms with van der Waals surface area (Å²) in [4.78, 5) is 27.6. The predicted molar refractivity (Wildman–Crippen MR) is 102 cm³/mol. The van der Waals surface area contributed by atoms with Crippen LogP contribution in [0.1, 0.15) is 25.3 Å². The van der Waals surface area contributed by atoms with Gasteiger partial charge in [-0.15, -0.1) is 11.8 Å². The Hall–Kier alpha value is -2.27. The Morgan fingerprint density at radius 2 is 1.80 bits per heavy atom. The van der Waals surface area contributed by atoms with Crippen LogP contribution in [-0.4, -0.2) is 23.6 Å². The molecule has 0 spiro atoms. The van der Waals surface area contributed by atoms with Crippen LogP contribution in [0.15, 0.2) is 59.5 Å². The summed E-state index contributed by atoms with van der Waals surface area (Å²) in [5.41, 5.74) is 2.01. The van der Waals surface area contributed by atoms with Crippen LogP contribution in [0, 0.1) is 0 Å². The number of amides is 2. The highest BCUT2D eigenvalue weighted by atomic mass is 32.2. The second kappa shape index (κ2) is 8.21. The highest BCUT2D eigenvalue weighted by molar-refractivity contribution is 8.00. The molecule has 0 aliphatic carbocycles. The summed E-state index contributed by atoms with van der Waals surface area (Å²) in [6, 6.07) is 17.7. The lowest BCUT2D eigenvalue weighted by atomic mass is 10.2. The number of carbonyl (C=O) groups is 2. The molecule has 2 aromatic carbocycles. The molecule has 1 aliphatic rings. The average molecular weight is 354 g/mol. The van der Waals surface area contributed by atoms with Gasteiger partial charge in [0.25, 0.3) is 0 Å². The van der Waals surface area contributed by atoms with E-state index in [2.05, 4.69) is 12.2 Å². The van der Waals surface area contributed by atoms with Crippen LogP contribution in [0.5, 0.6) is 0 Å². The number of nitrogens with one attached hydrogen (secondary N) is 1. The van der Waals surface area contributed by atoms with Gasteiger partial charge in [-0.3, -0.25) is 9.59 Å². The molecule has 2 amide bonds. The lowest BCUT2D eigenvalue weighted by Gasteiger charge is -2.32. The van der Waals surface area contributed by atoms with Crippen LogP contribution in [-0.2, 0) is 16.1 Å². The van der Waals surface area contributed by atoms with Gasteiger partial charge < -0.3 is 10.2 Å². The molecule has 0 aromatic heterocycles. The van der Waals surface area contributed by atoms with Gasteiger partial charge in [-0.05, 0) is 17.7 Å². The Morgan fingerprint density at radius 3 is 2.60 bits per heavy atom. The highest BCUT2D eigenvalue weighted by Gasteiger charge is 2.26. The standard InChI is InChI=1S/C20H22N2O2S/c1-15-14-22(17-9-5-6-10-18(17)25-15)20(24)12-11-19(23)21-13-16-7-3-2-4-8-16/h2-10,15H,11-14H2,1H3,(H,21,23). The van der Waals surface area contributed by atoms with Crippen molar-refractivity contribution >= 4 is 29.3 Å². The topological polar surface area (TPSA) is 49.4 Å². The maximum Gasteiger partial charge on any atom is 0.227 e. The van der Waals surface area contributed by atoms with E-state index in [9.17, 15) is 9.59 Å². The first-order chi connectivity index (χ1) is 12.1. The fourth-order valence-electron chi connectivity index (χ4n) is 2.87. The Bertz CT molecular complexity index is 748. The van der Waals surface area contributed by atoms with Crippen molar-refractivity contribution in [1.29, 1.82) is 0 Å². The van der Waals surface area contributed by atoms with E-state index < -0.39 is 0 Å². The average Bonchev–Trinajstić information content (AvgIpc) is 2.64. The van der Waals surface area contributed by atoms with E-state index in [4.69, 9.17) is 0 Å². The lowest BCUT2D eigenvalue weighted by molar-refractivity contribution is -0.125. The van der Waals surface area contributed by atoms with Crippen molar-refractivity contribution in [3.8, 4) is 0 Å². The number of fused-ring (bicyclic) bond motifs is 1. The maximum atomic E-state index is 12.6. The molecule has 0 saturated heterocycles. The fraction of sp³-hybridized carbons (Fsp3) is 0.300. The molecule has 0 bridgehead atoms. The van der Waals surface area contributed by atoms with Gasteiger partial charge in [0.05, 0.1) is 5.69 Å². The predicted octanol–water partition coefficient (Wildman–Crippen LogP) is 3.61. The molecule has 0 fully saturated rings. The Balaban J connectivity index is 1.53. The van der Waals surface area contributed by atoms with Gasteiger partial charge in [-0.1, -0.05) is 49.4 Å². The van der Waals surface area contributed by atoms with E-state index in [-0.39, 0.29) is 24.7 Å². The molecule has 25 heavy (non-hydrogen) atoms. The van der Waals surface area contributed by atoms with Gasteiger partial charge >= 0.3 is 0 Å². The van der Waals surface area contributed by atoms with Crippen molar-refractivity contribution < 1.29 is 9.59 Å². The zero-order chi connectivity index (χ0) is 17.6. The molecule has 3 rings (SSSR count). The van der Waals surface area contributed by atoms with Crippen molar-refractivity contribution in [1.82, 2.24) is 5.32 Å². The third kappa shape index (κ3) is 4.63. The molecule has 0 radical (unpaired) electrons. The van der Waals surface area contributed by atoms with Gasteiger partial charge in [0, 0.05) is 36.1 Å². The van der Waals surface area contributed by atoms with Gasteiger partial charge in [-0.2, -0.15) is 0 Å². The number of nitrogens with zero attached hydrogens (tertiary/aromatic N) is 1. The normalized spacial score (nSPS) is 16.2.